The van der Waals surface area contributed by atoms with E-state index in [0.29, 0.717) is 17.2 Å². The highest BCUT2D eigenvalue weighted by molar-refractivity contribution is 6.04. The van der Waals surface area contributed by atoms with Crippen molar-refractivity contribution in [3.63, 3.8) is 0 Å². The molecule has 0 saturated heterocycles. The van der Waals surface area contributed by atoms with E-state index >= 15 is 0 Å². The van der Waals surface area contributed by atoms with Crippen LogP contribution in [0.2, 0.25) is 0 Å². The number of amides is 1. The molecule has 4 rings (SSSR count). The van der Waals surface area contributed by atoms with Gasteiger partial charge in [-0.15, -0.1) is 0 Å². The topological polar surface area (TPSA) is 95.1 Å². The lowest BCUT2D eigenvalue weighted by atomic mass is 10.1. The first-order chi connectivity index (χ1) is 17.5. The van der Waals surface area contributed by atoms with Crippen LogP contribution in [0.25, 0.3) is 11.3 Å². The summed E-state index contributed by atoms with van der Waals surface area (Å²) < 4.78 is 0. The van der Waals surface area contributed by atoms with Gasteiger partial charge in [-0.05, 0) is 74.6 Å². The molecule has 0 bridgehead atoms. The number of hydrogen-bond acceptors (Lipinski definition) is 7. The van der Waals surface area contributed by atoms with E-state index in [2.05, 4.69) is 49.9 Å². The fourth-order valence-electron chi connectivity index (χ4n) is 3.56. The van der Waals surface area contributed by atoms with Crippen molar-refractivity contribution in [2.24, 2.45) is 0 Å². The molecule has 8 heteroatoms. The standard InChI is InChI=1S/C28H31N7O/c1-20-6-11-24(32-27(36)22-9-7-21(8-10-22)18-30-15-16-35(2)3)17-26(20)34-28-31-14-12-25(33-28)23-5-4-13-29-19-23/h4-14,17,19,30H,15-16,18H2,1-3H3,(H,32,36)(H,31,33,34). The number of aromatic nitrogens is 3. The molecule has 2 heterocycles. The van der Waals surface area contributed by atoms with Gasteiger partial charge in [0.15, 0.2) is 0 Å². The second-order valence-corrected chi connectivity index (χ2v) is 8.79. The molecule has 0 atom stereocenters. The van der Waals surface area contributed by atoms with Crippen molar-refractivity contribution >= 4 is 23.2 Å². The second-order valence-electron chi connectivity index (χ2n) is 8.79. The summed E-state index contributed by atoms with van der Waals surface area (Å²) in [5, 5.41) is 9.66. The fraction of sp³-hybridized carbons (Fsp3) is 0.214. The van der Waals surface area contributed by atoms with Gasteiger partial charge < -0.3 is 20.9 Å². The van der Waals surface area contributed by atoms with E-state index in [1.807, 2.05) is 67.6 Å². The summed E-state index contributed by atoms with van der Waals surface area (Å²) in [6, 6.07) is 19.0. The maximum absolute atomic E-state index is 12.8. The van der Waals surface area contributed by atoms with Crippen molar-refractivity contribution in [1.82, 2.24) is 25.2 Å². The van der Waals surface area contributed by atoms with Gasteiger partial charge >= 0.3 is 0 Å². The molecule has 0 aliphatic heterocycles. The summed E-state index contributed by atoms with van der Waals surface area (Å²) in [5.41, 5.74) is 5.95. The van der Waals surface area contributed by atoms with Crippen molar-refractivity contribution in [3.8, 4) is 11.3 Å². The Morgan fingerprint density at radius 2 is 1.83 bits per heavy atom. The summed E-state index contributed by atoms with van der Waals surface area (Å²) in [4.78, 5) is 28.1. The number of nitrogens with one attached hydrogen (secondary N) is 3. The minimum Gasteiger partial charge on any atom is -0.324 e. The zero-order valence-electron chi connectivity index (χ0n) is 20.8. The van der Waals surface area contributed by atoms with Gasteiger partial charge in [0.1, 0.15) is 0 Å². The van der Waals surface area contributed by atoms with Crippen LogP contribution in [0.3, 0.4) is 0 Å². The summed E-state index contributed by atoms with van der Waals surface area (Å²) in [6.45, 7) is 4.66. The van der Waals surface area contributed by atoms with Gasteiger partial charge in [0.05, 0.1) is 5.69 Å². The smallest absolute Gasteiger partial charge is 0.255 e. The normalized spacial score (nSPS) is 10.9. The average Bonchev–Trinajstić information content (AvgIpc) is 2.89. The second kappa shape index (κ2) is 12.0. The third kappa shape index (κ3) is 6.94. The molecule has 0 fully saturated rings. The molecular weight excluding hydrogens is 450 g/mol. The Hall–Kier alpha value is -4.14. The molecule has 0 spiro atoms. The van der Waals surface area contributed by atoms with Gasteiger partial charge in [-0.25, -0.2) is 9.97 Å². The largest absolute Gasteiger partial charge is 0.324 e. The Balaban J connectivity index is 1.40. The lowest BCUT2D eigenvalue weighted by Crippen LogP contribution is -2.26. The predicted molar refractivity (Wildman–Crippen MR) is 144 cm³/mol. The average molecular weight is 482 g/mol. The van der Waals surface area contributed by atoms with Gasteiger partial charge in [-0.2, -0.15) is 0 Å². The van der Waals surface area contributed by atoms with Gasteiger partial charge in [-0.1, -0.05) is 18.2 Å². The van der Waals surface area contributed by atoms with Gasteiger partial charge in [-0.3, -0.25) is 9.78 Å². The number of rotatable bonds is 10. The fourth-order valence-corrected chi connectivity index (χ4v) is 3.56. The Kier molecular flexibility index (Phi) is 8.33. The molecule has 0 aliphatic rings. The highest BCUT2D eigenvalue weighted by Gasteiger charge is 2.09. The van der Waals surface area contributed by atoms with E-state index in [-0.39, 0.29) is 5.91 Å². The Morgan fingerprint density at radius 3 is 2.58 bits per heavy atom. The van der Waals surface area contributed by atoms with Gasteiger partial charge in [0, 0.05) is 60.7 Å². The minimum absolute atomic E-state index is 0.160. The van der Waals surface area contributed by atoms with E-state index in [0.717, 1.165) is 47.7 Å². The van der Waals surface area contributed by atoms with Crippen LogP contribution in [0.1, 0.15) is 21.5 Å². The molecule has 3 N–H and O–H groups in total. The number of likely N-dealkylation sites (N-methyl/N-ethyl adjacent to an activating group) is 1. The Morgan fingerprint density at radius 1 is 1.00 bits per heavy atom. The Bertz CT molecular complexity index is 1290. The van der Waals surface area contributed by atoms with E-state index in [1.54, 1.807) is 18.6 Å². The van der Waals surface area contributed by atoms with E-state index < -0.39 is 0 Å². The summed E-state index contributed by atoms with van der Waals surface area (Å²) in [7, 11) is 4.11. The number of anilines is 3. The van der Waals surface area contributed by atoms with Gasteiger partial charge in [0.25, 0.3) is 5.91 Å². The number of nitrogens with zero attached hydrogens (tertiary/aromatic N) is 4. The number of carbonyl (C=O) groups is 1. The van der Waals surface area contributed by atoms with Crippen LogP contribution in [-0.4, -0.2) is 52.9 Å². The lowest BCUT2D eigenvalue weighted by molar-refractivity contribution is 0.102. The molecule has 184 valence electrons. The molecule has 0 saturated carbocycles. The van der Waals surface area contributed by atoms with Crippen LogP contribution in [0.15, 0.2) is 79.3 Å². The van der Waals surface area contributed by atoms with Gasteiger partial charge in [0.2, 0.25) is 5.95 Å². The first-order valence-corrected chi connectivity index (χ1v) is 11.8. The quantitative estimate of drug-likeness (QED) is 0.287. The molecule has 0 aliphatic carbocycles. The first-order valence-electron chi connectivity index (χ1n) is 11.8. The predicted octanol–water partition coefficient (Wildman–Crippen LogP) is 4.49. The lowest BCUT2D eigenvalue weighted by Gasteiger charge is -2.12. The van der Waals surface area contributed by atoms with Crippen LogP contribution < -0.4 is 16.0 Å². The third-order valence-electron chi connectivity index (χ3n) is 5.64. The summed E-state index contributed by atoms with van der Waals surface area (Å²) in [6.07, 6.45) is 5.20. The summed E-state index contributed by atoms with van der Waals surface area (Å²) >= 11 is 0. The Labute approximate surface area is 211 Å². The number of benzene rings is 2. The molecule has 2 aromatic carbocycles. The van der Waals surface area contributed by atoms with E-state index in [9.17, 15) is 4.79 Å². The number of hydrogen-bond donors (Lipinski definition) is 3. The van der Waals surface area contributed by atoms with Crippen molar-refractivity contribution < 1.29 is 4.79 Å². The maximum atomic E-state index is 12.8. The molecule has 0 radical (unpaired) electrons. The van der Waals surface area contributed by atoms with Crippen LogP contribution in [0.5, 0.6) is 0 Å². The van der Waals surface area contributed by atoms with E-state index in [4.69, 9.17) is 0 Å². The van der Waals surface area contributed by atoms with Crippen LogP contribution in [0.4, 0.5) is 17.3 Å². The van der Waals surface area contributed by atoms with Crippen molar-refractivity contribution in [3.05, 3.63) is 95.9 Å². The van der Waals surface area contributed by atoms with Crippen molar-refractivity contribution in [2.75, 3.05) is 37.8 Å². The number of aryl methyl sites for hydroxylation is 1. The SMILES string of the molecule is Cc1ccc(NC(=O)c2ccc(CNCCN(C)C)cc2)cc1Nc1nccc(-c2cccnc2)n1. The molecule has 4 aromatic rings. The minimum atomic E-state index is -0.160. The zero-order chi connectivity index (χ0) is 25.3. The number of pyridine rings is 1. The molecule has 36 heavy (non-hydrogen) atoms. The monoisotopic (exact) mass is 481 g/mol. The zero-order valence-corrected chi connectivity index (χ0v) is 20.8. The molecular formula is C28H31N7O. The molecule has 2 aromatic heterocycles. The van der Waals surface area contributed by atoms with Crippen LogP contribution in [0, 0.1) is 6.92 Å². The molecule has 1 amide bonds. The molecule has 8 nitrogen and oxygen atoms in total. The number of carbonyl (C=O) groups excluding carboxylic acids is 1. The first kappa shape index (κ1) is 25.0. The highest BCUT2D eigenvalue weighted by Crippen LogP contribution is 2.24. The maximum Gasteiger partial charge on any atom is 0.255 e. The van der Waals surface area contributed by atoms with Crippen LogP contribution in [-0.2, 0) is 6.54 Å². The van der Waals surface area contributed by atoms with Crippen LogP contribution >= 0.6 is 0 Å². The van der Waals surface area contributed by atoms with Crippen molar-refractivity contribution in [1.29, 1.82) is 0 Å². The van der Waals surface area contributed by atoms with E-state index in [1.165, 1.54) is 0 Å². The molecule has 0 unspecified atom stereocenters. The highest BCUT2D eigenvalue weighted by atomic mass is 16.1. The third-order valence-corrected chi connectivity index (χ3v) is 5.64. The van der Waals surface area contributed by atoms with Crippen molar-refractivity contribution in [2.45, 2.75) is 13.5 Å². The summed E-state index contributed by atoms with van der Waals surface area (Å²) in [5.74, 6) is 0.310.